The lowest BCUT2D eigenvalue weighted by Gasteiger charge is -2.26. The zero-order valence-corrected chi connectivity index (χ0v) is 12.9. The van der Waals surface area contributed by atoms with Crippen LogP contribution in [0.4, 0.5) is 5.69 Å². The van der Waals surface area contributed by atoms with Gasteiger partial charge in [0, 0.05) is 11.9 Å². The van der Waals surface area contributed by atoms with Crippen molar-refractivity contribution < 1.29 is 4.74 Å². The highest BCUT2D eigenvalue weighted by atomic mass is 35.5. The lowest BCUT2D eigenvalue weighted by Crippen LogP contribution is -2.18. The number of hydrogen-bond acceptors (Lipinski definition) is 3. The molecule has 0 aliphatic heterocycles. The molecule has 3 nitrogen and oxygen atoms in total. The van der Waals surface area contributed by atoms with Crippen molar-refractivity contribution in [2.24, 2.45) is 0 Å². The fourth-order valence-electron chi connectivity index (χ4n) is 2.81. The molecule has 0 saturated heterocycles. The quantitative estimate of drug-likeness (QED) is 0.894. The van der Waals surface area contributed by atoms with Crippen molar-refractivity contribution in [3.8, 4) is 5.75 Å². The molecule has 1 unspecified atom stereocenters. The Morgan fingerprint density at radius 1 is 1.38 bits per heavy atom. The molecule has 4 heteroatoms. The van der Waals surface area contributed by atoms with Gasteiger partial charge in [0.15, 0.2) is 0 Å². The van der Waals surface area contributed by atoms with E-state index in [0.717, 1.165) is 30.0 Å². The number of ether oxygens (including phenoxy) is 1. The monoisotopic (exact) mass is 302 g/mol. The molecule has 110 valence electrons. The Kier molecular flexibility index (Phi) is 4.30. The summed E-state index contributed by atoms with van der Waals surface area (Å²) in [4.78, 5) is 4.55. The number of pyridine rings is 1. The zero-order chi connectivity index (χ0) is 14.7. The normalized spacial score (nSPS) is 17.1. The van der Waals surface area contributed by atoms with E-state index in [1.807, 2.05) is 37.4 Å². The van der Waals surface area contributed by atoms with Gasteiger partial charge in [0.1, 0.15) is 5.75 Å². The molecule has 2 aromatic rings. The van der Waals surface area contributed by atoms with Crippen LogP contribution in [0.1, 0.15) is 37.1 Å². The highest BCUT2D eigenvalue weighted by Crippen LogP contribution is 2.33. The first-order valence-electron chi connectivity index (χ1n) is 7.40. The van der Waals surface area contributed by atoms with E-state index in [-0.39, 0.29) is 6.04 Å². The third-order valence-corrected chi connectivity index (χ3v) is 4.06. The average molecular weight is 303 g/mol. The topological polar surface area (TPSA) is 34.1 Å². The summed E-state index contributed by atoms with van der Waals surface area (Å²) in [6.45, 7) is 2.57. The van der Waals surface area contributed by atoms with Crippen LogP contribution in [-0.4, -0.2) is 11.6 Å². The Labute approximate surface area is 130 Å². The third kappa shape index (κ3) is 3.13. The fraction of sp³-hybridized carbons (Fsp3) is 0.353. The number of benzene rings is 1. The molecule has 0 amide bonds. The molecule has 1 heterocycles. The number of nitrogens with one attached hydrogen (secondary N) is 1. The van der Waals surface area contributed by atoms with Crippen LogP contribution in [-0.2, 0) is 6.42 Å². The van der Waals surface area contributed by atoms with E-state index in [4.69, 9.17) is 16.3 Å². The number of hydrogen-bond donors (Lipinski definition) is 1. The molecule has 1 atom stereocenters. The lowest BCUT2D eigenvalue weighted by atomic mass is 9.92. The largest absolute Gasteiger partial charge is 0.492 e. The minimum absolute atomic E-state index is 0.254. The first kappa shape index (κ1) is 14.2. The minimum atomic E-state index is 0.254. The Bertz CT molecular complexity index is 630. The zero-order valence-electron chi connectivity index (χ0n) is 12.1. The predicted octanol–water partition coefficient (Wildman–Crippen LogP) is 4.62. The summed E-state index contributed by atoms with van der Waals surface area (Å²) < 4.78 is 5.47. The van der Waals surface area contributed by atoms with E-state index in [1.165, 1.54) is 12.0 Å². The molecule has 0 radical (unpaired) electrons. The number of halogens is 1. The molecule has 0 spiro atoms. The molecule has 1 N–H and O–H groups in total. The van der Waals surface area contributed by atoms with Crippen LogP contribution in [0.2, 0.25) is 5.02 Å². The van der Waals surface area contributed by atoms with Crippen LogP contribution in [0.25, 0.3) is 0 Å². The number of aromatic nitrogens is 1. The Morgan fingerprint density at radius 2 is 2.29 bits per heavy atom. The summed E-state index contributed by atoms with van der Waals surface area (Å²) in [6.07, 6.45) is 5.26. The minimum Gasteiger partial charge on any atom is -0.492 e. The Hall–Kier alpha value is -1.74. The summed E-state index contributed by atoms with van der Waals surface area (Å²) in [6, 6.07) is 10.3. The summed E-state index contributed by atoms with van der Waals surface area (Å²) in [7, 11) is 0. The van der Waals surface area contributed by atoms with Gasteiger partial charge >= 0.3 is 0 Å². The van der Waals surface area contributed by atoms with Gasteiger partial charge in [-0.1, -0.05) is 17.7 Å². The van der Waals surface area contributed by atoms with Crippen molar-refractivity contribution in [2.45, 2.75) is 32.2 Å². The number of anilines is 1. The maximum absolute atomic E-state index is 6.25. The highest BCUT2D eigenvalue weighted by Gasteiger charge is 2.21. The highest BCUT2D eigenvalue weighted by molar-refractivity contribution is 6.32. The van der Waals surface area contributed by atoms with E-state index in [1.54, 1.807) is 0 Å². The number of rotatable bonds is 4. The molecular weight excluding hydrogens is 284 g/mol. The molecule has 21 heavy (non-hydrogen) atoms. The van der Waals surface area contributed by atoms with E-state index >= 15 is 0 Å². The molecule has 1 aromatic carbocycles. The summed E-state index contributed by atoms with van der Waals surface area (Å²) in [5, 5.41) is 4.18. The smallest absolute Gasteiger partial charge is 0.138 e. The summed E-state index contributed by atoms with van der Waals surface area (Å²) in [5.41, 5.74) is 3.51. The number of fused-ring (bicyclic) bond motifs is 1. The lowest BCUT2D eigenvalue weighted by molar-refractivity contribution is 0.340. The van der Waals surface area contributed by atoms with Crippen molar-refractivity contribution in [3.63, 3.8) is 0 Å². The second-order valence-electron chi connectivity index (χ2n) is 5.22. The van der Waals surface area contributed by atoms with Gasteiger partial charge in [-0.05, 0) is 56.0 Å². The van der Waals surface area contributed by atoms with Crippen molar-refractivity contribution >= 4 is 17.3 Å². The second kappa shape index (κ2) is 6.35. The van der Waals surface area contributed by atoms with Crippen LogP contribution in [0, 0.1) is 0 Å². The predicted molar refractivity (Wildman–Crippen MR) is 86.2 cm³/mol. The summed E-state index contributed by atoms with van der Waals surface area (Å²) in [5.74, 6) is 0.729. The first-order valence-corrected chi connectivity index (χ1v) is 7.78. The van der Waals surface area contributed by atoms with Crippen LogP contribution in [0.3, 0.4) is 0 Å². The van der Waals surface area contributed by atoms with Crippen LogP contribution < -0.4 is 10.1 Å². The van der Waals surface area contributed by atoms with Crippen molar-refractivity contribution in [1.82, 2.24) is 4.98 Å². The molecule has 3 rings (SSSR count). The van der Waals surface area contributed by atoms with Gasteiger partial charge in [-0.25, -0.2) is 0 Å². The van der Waals surface area contributed by atoms with Gasteiger partial charge < -0.3 is 10.1 Å². The Morgan fingerprint density at radius 3 is 3.10 bits per heavy atom. The van der Waals surface area contributed by atoms with Crippen LogP contribution in [0.5, 0.6) is 5.75 Å². The van der Waals surface area contributed by atoms with Gasteiger partial charge in [0.2, 0.25) is 0 Å². The third-order valence-electron chi connectivity index (χ3n) is 3.77. The van der Waals surface area contributed by atoms with Gasteiger partial charge in [-0.2, -0.15) is 0 Å². The summed E-state index contributed by atoms with van der Waals surface area (Å²) >= 11 is 6.25. The average Bonchev–Trinajstić information content (AvgIpc) is 2.51. The van der Waals surface area contributed by atoms with E-state index in [0.29, 0.717) is 11.6 Å². The van der Waals surface area contributed by atoms with Crippen molar-refractivity contribution in [1.29, 1.82) is 0 Å². The standard InChI is InChI=1S/C17H19ClN2O/c1-2-21-16-9-8-13(11-14(16)18)20-15-7-3-5-12-6-4-10-19-17(12)15/h4,6,8-11,15,20H,2-3,5,7H2,1H3. The number of nitrogens with zero attached hydrogens (tertiary/aromatic N) is 1. The van der Waals surface area contributed by atoms with Gasteiger partial charge in [0.05, 0.1) is 23.4 Å². The van der Waals surface area contributed by atoms with E-state index in [2.05, 4.69) is 16.4 Å². The molecule has 0 bridgehead atoms. The van der Waals surface area contributed by atoms with E-state index < -0.39 is 0 Å². The maximum atomic E-state index is 6.25. The molecule has 0 saturated carbocycles. The molecule has 1 aliphatic rings. The molecule has 1 aliphatic carbocycles. The van der Waals surface area contributed by atoms with E-state index in [9.17, 15) is 0 Å². The maximum Gasteiger partial charge on any atom is 0.138 e. The van der Waals surface area contributed by atoms with Gasteiger partial charge in [-0.15, -0.1) is 0 Å². The fourth-order valence-corrected chi connectivity index (χ4v) is 3.05. The molecular formula is C17H19ClN2O. The Balaban J connectivity index is 1.80. The van der Waals surface area contributed by atoms with Crippen molar-refractivity contribution in [2.75, 3.05) is 11.9 Å². The first-order chi connectivity index (χ1) is 10.3. The van der Waals surface area contributed by atoms with Crippen LogP contribution >= 0.6 is 11.6 Å². The van der Waals surface area contributed by atoms with Gasteiger partial charge in [0.25, 0.3) is 0 Å². The van der Waals surface area contributed by atoms with Gasteiger partial charge in [-0.3, -0.25) is 4.98 Å². The number of aryl methyl sites for hydroxylation is 1. The SMILES string of the molecule is CCOc1ccc(NC2CCCc3cccnc32)cc1Cl. The second-order valence-corrected chi connectivity index (χ2v) is 5.62. The van der Waals surface area contributed by atoms with Crippen molar-refractivity contribution in [3.05, 3.63) is 52.8 Å². The molecule has 1 aromatic heterocycles. The molecule has 0 fully saturated rings. The van der Waals surface area contributed by atoms with Crippen LogP contribution in [0.15, 0.2) is 36.5 Å².